The average molecular weight is 293 g/mol. The van der Waals surface area contributed by atoms with Crippen molar-refractivity contribution in [2.75, 3.05) is 20.3 Å². The number of rotatable bonds is 2. The molecule has 1 aliphatic carbocycles. The van der Waals surface area contributed by atoms with E-state index < -0.39 is 12.5 Å². The van der Waals surface area contributed by atoms with Crippen LogP contribution in [0.25, 0.3) is 0 Å². The molecule has 21 heavy (non-hydrogen) atoms. The number of alkyl halides is 1. The highest BCUT2D eigenvalue weighted by Gasteiger charge is 2.59. The smallest absolute Gasteiger partial charge is 0.184 e. The summed E-state index contributed by atoms with van der Waals surface area (Å²) >= 11 is 0. The predicted molar refractivity (Wildman–Crippen MR) is 74.9 cm³/mol. The molecule has 1 unspecified atom stereocenters. The van der Waals surface area contributed by atoms with E-state index in [1.807, 2.05) is 24.3 Å². The number of piperidine rings is 1. The van der Waals surface area contributed by atoms with Crippen LogP contribution in [-0.2, 0) is 9.47 Å². The fraction of sp³-hybridized carbons (Fsp3) is 0.625. The molecule has 1 saturated carbocycles. The van der Waals surface area contributed by atoms with Gasteiger partial charge in [-0.15, -0.1) is 0 Å². The molecule has 1 spiro atoms. The van der Waals surface area contributed by atoms with Crippen LogP contribution < -0.4 is 10.1 Å². The summed E-state index contributed by atoms with van der Waals surface area (Å²) < 4.78 is 31.2. The Kier molecular flexibility index (Phi) is 3.17. The molecule has 114 valence electrons. The quantitative estimate of drug-likeness (QED) is 0.907. The SMILES string of the molecule is COc1ccc(C2OC[C@@H]3[C@@H](O2)[C@@H](F)CNC32CC2)cc1. The molecule has 3 aliphatic rings. The Labute approximate surface area is 123 Å². The van der Waals surface area contributed by atoms with Gasteiger partial charge in [-0.25, -0.2) is 4.39 Å². The van der Waals surface area contributed by atoms with Crippen LogP contribution in [0.15, 0.2) is 24.3 Å². The maximum atomic E-state index is 14.2. The molecular weight excluding hydrogens is 273 g/mol. The van der Waals surface area contributed by atoms with E-state index in [-0.39, 0.29) is 17.6 Å². The van der Waals surface area contributed by atoms with Gasteiger partial charge in [0.15, 0.2) is 6.29 Å². The van der Waals surface area contributed by atoms with Crippen molar-refractivity contribution < 1.29 is 18.6 Å². The van der Waals surface area contributed by atoms with Crippen LogP contribution in [-0.4, -0.2) is 38.1 Å². The van der Waals surface area contributed by atoms with Gasteiger partial charge in [0.1, 0.15) is 18.0 Å². The first-order chi connectivity index (χ1) is 10.2. The van der Waals surface area contributed by atoms with Gasteiger partial charge in [0.25, 0.3) is 0 Å². The third-order valence-electron chi connectivity index (χ3n) is 5.00. The second kappa shape index (κ2) is 4.93. The number of hydrogen-bond acceptors (Lipinski definition) is 4. The molecule has 1 N–H and O–H groups in total. The van der Waals surface area contributed by atoms with E-state index >= 15 is 0 Å². The zero-order valence-electron chi connectivity index (χ0n) is 12.0. The molecule has 2 aliphatic heterocycles. The van der Waals surface area contributed by atoms with Gasteiger partial charge in [0.05, 0.1) is 13.7 Å². The van der Waals surface area contributed by atoms with Crippen molar-refractivity contribution in [3.8, 4) is 5.75 Å². The second-order valence-corrected chi connectivity index (χ2v) is 6.20. The van der Waals surface area contributed by atoms with E-state index in [2.05, 4.69) is 5.32 Å². The Morgan fingerprint density at radius 2 is 2.05 bits per heavy atom. The van der Waals surface area contributed by atoms with Gasteiger partial charge in [-0.2, -0.15) is 0 Å². The molecule has 1 aromatic rings. The Hall–Kier alpha value is -1.17. The zero-order valence-corrected chi connectivity index (χ0v) is 12.0. The van der Waals surface area contributed by atoms with Gasteiger partial charge >= 0.3 is 0 Å². The van der Waals surface area contributed by atoms with Gasteiger partial charge in [0, 0.05) is 23.6 Å². The Morgan fingerprint density at radius 3 is 2.71 bits per heavy atom. The highest BCUT2D eigenvalue weighted by atomic mass is 19.1. The van der Waals surface area contributed by atoms with E-state index in [9.17, 15) is 4.39 Å². The van der Waals surface area contributed by atoms with Crippen LogP contribution in [0.2, 0.25) is 0 Å². The van der Waals surface area contributed by atoms with Gasteiger partial charge in [-0.3, -0.25) is 0 Å². The van der Waals surface area contributed by atoms with E-state index in [1.165, 1.54) is 0 Å². The molecule has 0 radical (unpaired) electrons. The van der Waals surface area contributed by atoms with Crippen molar-refractivity contribution >= 4 is 0 Å². The summed E-state index contributed by atoms with van der Waals surface area (Å²) in [6.07, 6.45) is 0.381. The highest BCUT2D eigenvalue weighted by molar-refractivity contribution is 5.28. The largest absolute Gasteiger partial charge is 0.497 e. The maximum absolute atomic E-state index is 14.2. The predicted octanol–water partition coefficient (Wildman–Crippen LogP) is 2.20. The van der Waals surface area contributed by atoms with Crippen LogP contribution in [0.3, 0.4) is 0 Å². The highest BCUT2D eigenvalue weighted by Crippen LogP contribution is 2.50. The number of methoxy groups -OCH3 is 1. The molecule has 2 saturated heterocycles. The number of benzene rings is 1. The van der Waals surface area contributed by atoms with E-state index in [0.29, 0.717) is 13.2 Å². The van der Waals surface area contributed by atoms with E-state index in [4.69, 9.17) is 14.2 Å². The summed E-state index contributed by atoms with van der Waals surface area (Å²) in [7, 11) is 1.63. The monoisotopic (exact) mass is 293 g/mol. The fourth-order valence-corrected chi connectivity index (χ4v) is 3.54. The molecule has 5 heteroatoms. The molecule has 4 atom stereocenters. The number of hydrogen-bond donors (Lipinski definition) is 1. The first kappa shape index (κ1) is 13.5. The Balaban J connectivity index is 1.52. The van der Waals surface area contributed by atoms with Crippen molar-refractivity contribution in [1.29, 1.82) is 0 Å². The summed E-state index contributed by atoms with van der Waals surface area (Å²) in [4.78, 5) is 0. The van der Waals surface area contributed by atoms with Crippen molar-refractivity contribution in [3.63, 3.8) is 0 Å². The molecule has 0 aromatic heterocycles. The molecular formula is C16H20FNO3. The number of ether oxygens (including phenoxy) is 3. The van der Waals surface area contributed by atoms with Crippen molar-refractivity contribution in [2.24, 2.45) is 5.92 Å². The minimum Gasteiger partial charge on any atom is -0.497 e. The summed E-state index contributed by atoms with van der Waals surface area (Å²) in [6, 6.07) is 7.55. The Bertz CT molecular complexity index is 517. The lowest BCUT2D eigenvalue weighted by Crippen LogP contribution is -2.61. The fourth-order valence-electron chi connectivity index (χ4n) is 3.54. The maximum Gasteiger partial charge on any atom is 0.184 e. The van der Waals surface area contributed by atoms with Gasteiger partial charge in [-0.1, -0.05) is 12.1 Å². The lowest BCUT2D eigenvalue weighted by molar-refractivity contribution is -0.267. The second-order valence-electron chi connectivity index (χ2n) is 6.20. The molecule has 0 amide bonds. The molecule has 4 nitrogen and oxygen atoms in total. The third-order valence-corrected chi connectivity index (χ3v) is 5.00. The number of halogens is 1. The first-order valence-electron chi connectivity index (χ1n) is 7.52. The molecule has 3 fully saturated rings. The van der Waals surface area contributed by atoms with Gasteiger partial charge in [-0.05, 0) is 25.0 Å². The minimum atomic E-state index is -0.967. The molecule has 4 rings (SSSR count). The molecule has 0 bridgehead atoms. The van der Waals surface area contributed by atoms with E-state index in [0.717, 1.165) is 24.2 Å². The Morgan fingerprint density at radius 1 is 1.29 bits per heavy atom. The lowest BCUT2D eigenvalue weighted by Gasteiger charge is -2.46. The third kappa shape index (κ3) is 2.24. The summed E-state index contributed by atoms with van der Waals surface area (Å²) in [6.45, 7) is 0.936. The van der Waals surface area contributed by atoms with Crippen LogP contribution in [0, 0.1) is 5.92 Å². The van der Waals surface area contributed by atoms with Crippen molar-refractivity contribution in [1.82, 2.24) is 5.32 Å². The van der Waals surface area contributed by atoms with Crippen LogP contribution in [0.5, 0.6) is 5.75 Å². The zero-order chi connectivity index (χ0) is 14.4. The average Bonchev–Trinajstić information content (AvgIpc) is 3.32. The van der Waals surface area contributed by atoms with Crippen LogP contribution in [0.4, 0.5) is 4.39 Å². The van der Waals surface area contributed by atoms with Crippen molar-refractivity contribution in [3.05, 3.63) is 29.8 Å². The number of fused-ring (bicyclic) bond motifs is 2. The molecule has 2 heterocycles. The van der Waals surface area contributed by atoms with Gasteiger partial charge in [0.2, 0.25) is 0 Å². The standard InChI is InChI=1S/C16H20FNO3/c1-19-11-4-2-10(3-5-11)15-20-9-12-14(21-15)13(17)8-18-16(12)6-7-16/h2-5,12-15,18H,6-9H2,1H3/t12-,13+,14-,15?/m1/s1. The minimum absolute atomic E-state index is 0.0676. The first-order valence-corrected chi connectivity index (χ1v) is 7.52. The summed E-state index contributed by atoms with van der Waals surface area (Å²) in [5.74, 6) is 0.908. The number of nitrogens with one attached hydrogen (secondary N) is 1. The molecule has 1 aromatic carbocycles. The van der Waals surface area contributed by atoms with Crippen LogP contribution >= 0.6 is 0 Å². The normalized spacial score (nSPS) is 37.0. The van der Waals surface area contributed by atoms with E-state index in [1.54, 1.807) is 7.11 Å². The van der Waals surface area contributed by atoms with Crippen LogP contribution in [0.1, 0.15) is 24.7 Å². The van der Waals surface area contributed by atoms with Gasteiger partial charge < -0.3 is 19.5 Å². The lowest BCUT2D eigenvalue weighted by atomic mass is 9.84. The summed E-state index contributed by atoms with van der Waals surface area (Å²) in [5, 5.41) is 3.34. The summed E-state index contributed by atoms with van der Waals surface area (Å²) in [5.41, 5.74) is 0.975. The van der Waals surface area contributed by atoms with Crippen molar-refractivity contribution in [2.45, 2.75) is 36.9 Å². The topological polar surface area (TPSA) is 39.7 Å².